The molecule has 5 heteroatoms. The Labute approximate surface area is 115 Å². The molecule has 0 radical (unpaired) electrons. The van der Waals surface area contributed by atoms with E-state index < -0.39 is 11.6 Å². The summed E-state index contributed by atoms with van der Waals surface area (Å²) in [6, 6.07) is 3.64. The average molecular weight is 273 g/mol. The van der Waals surface area contributed by atoms with Crippen LogP contribution in [0.1, 0.15) is 24.6 Å². The van der Waals surface area contributed by atoms with Gasteiger partial charge in [-0.3, -0.25) is 0 Å². The molecule has 1 aliphatic carbocycles. The van der Waals surface area contributed by atoms with E-state index in [-0.39, 0.29) is 0 Å². The maximum atomic E-state index is 13.3. The minimum atomic E-state index is -0.915. The number of anilines is 1. The summed E-state index contributed by atoms with van der Waals surface area (Å²) in [5.74, 6) is 2.33. The van der Waals surface area contributed by atoms with Gasteiger partial charge in [0.1, 0.15) is 17.3 Å². The van der Waals surface area contributed by atoms with Crippen molar-refractivity contribution in [3.8, 4) is 23.6 Å². The Morgan fingerprint density at radius 1 is 1.35 bits per heavy atom. The maximum Gasteiger partial charge on any atom is 0.159 e. The molecular weight excluding hydrogens is 260 g/mol. The average Bonchev–Trinajstić information content (AvgIpc) is 3.21. The predicted molar refractivity (Wildman–Crippen MR) is 72.8 cm³/mol. The van der Waals surface area contributed by atoms with E-state index in [2.05, 4.69) is 10.9 Å². The lowest BCUT2D eigenvalue weighted by Gasteiger charge is -2.04. The van der Waals surface area contributed by atoms with Crippen molar-refractivity contribution in [3.05, 3.63) is 35.7 Å². The molecule has 102 valence electrons. The molecule has 1 heterocycles. The summed E-state index contributed by atoms with van der Waals surface area (Å²) in [5.41, 5.74) is 6.98. The first kappa shape index (κ1) is 12.7. The van der Waals surface area contributed by atoms with Gasteiger partial charge < -0.3 is 10.3 Å². The molecule has 0 spiro atoms. The lowest BCUT2D eigenvalue weighted by Crippen LogP contribution is -2.05. The van der Waals surface area contributed by atoms with Gasteiger partial charge in [-0.05, 0) is 31.0 Å². The Hall–Kier alpha value is -2.35. The first-order chi connectivity index (χ1) is 9.61. The second-order valence-corrected chi connectivity index (χ2v) is 4.90. The topological polar surface area (TPSA) is 43.8 Å². The van der Waals surface area contributed by atoms with Gasteiger partial charge >= 0.3 is 0 Å². The van der Waals surface area contributed by atoms with Gasteiger partial charge in [0.15, 0.2) is 11.6 Å². The van der Waals surface area contributed by atoms with Gasteiger partial charge in [0.2, 0.25) is 0 Å². The molecule has 0 bridgehead atoms. The van der Waals surface area contributed by atoms with E-state index in [1.54, 1.807) is 4.57 Å². The number of imidazole rings is 1. The standard InChI is InChI=1S/C15H13F2N3/c1-2-7-20-14(18)13(19-15(20)9-3-4-9)10-5-6-11(16)12(17)8-10/h1,5-6,8-9H,3-4,7,18H2. The normalized spacial score (nSPS) is 14.2. The van der Waals surface area contributed by atoms with E-state index in [1.807, 2.05) is 0 Å². The fourth-order valence-electron chi connectivity index (χ4n) is 2.25. The molecule has 2 aromatic rings. The molecule has 3 nitrogen and oxygen atoms in total. The Morgan fingerprint density at radius 3 is 2.70 bits per heavy atom. The van der Waals surface area contributed by atoms with Crippen LogP contribution >= 0.6 is 0 Å². The van der Waals surface area contributed by atoms with Gasteiger partial charge in [-0.2, -0.15) is 0 Å². The van der Waals surface area contributed by atoms with Crippen molar-refractivity contribution >= 4 is 5.82 Å². The van der Waals surface area contributed by atoms with E-state index in [4.69, 9.17) is 12.2 Å². The van der Waals surface area contributed by atoms with Crippen molar-refractivity contribution < 1.29 is 8.78 Å². The van der Waals surface area contributed by atoms with Gasteiger partial charge in [0, 0.05) is 11.5 Å². The quantitative estimate of drug-likeness (QED) is 0.874. The molecule has 1 saturated carbocycles. The molecule has 1 aromatic carbocycles. The predicted octanol–water partition coefficient (Wildman–Crippen LogP) is 2.92. The third-order valence-electron chi connectivity index (χ3n) is 3.42. The highest BCUT2D eigenvalue weighted by Gasteiger charge is 2.30. The highest BCUT2D eigenvalue weighted by molar-refractivity contribution is 5.71. The summed E-state index contributed by atoms with van der Waals surface area (Å²) in [6.07, 6.45) is 7.45. The molecule has 1 fully saturated rings. The van der Waals surface area contributed by atoms with Crippen LogP contribution in [0.5, 0.6) is 0 Å². The van der Waals surface area contributed by atoms with Crippen LogP contribution < -0.4 is 5.73 Å². The molecule has 0 aliphatic heterocycles. The number of hydrogen-bond acceptors (Lipinski definition) is 2. The van der Waals surface area contributed by atoms with E-state index in [0.29, 0.717) is 29.5 Å². The summed E-state index contributed by atoms with van der Waals surface area (Å²) in [6.45, 7) is 0.328. The zero-order valence-electron chi connectivity index (χ0n) is 10.7. The third-order valence-corrected chi connectivity index (χ3v) is 3.42. The largest absolute Gasteiger partial charge is 0.383 e. The lowest BCUT2D eigenvalue weighted by atomic mass is 10.1. The number of nitrogen functional groups attached to an aromatic ring is 1. The van der Waals surface area contributed by atoms with E-state index >= 15 is 0 Å². The van der Waals surface area contributed by atoms with Crippen LogP contribution in [0.4, 0.5) is 14.6 Å². The Balaban J connectivity index is 2.11. The number of nitrogens with two attached hydrogens (primary N) is 1. The van der Waals surface area contributed by atoms with Crippen LogP contribution in [0, 0.1) is 24.0 Å². The molecule has 0 unspecified atom stereocenters. The fraction of sp³-hybridized carbons (Fsp3) is 0.267. The molecule has 0 saturated heterocycles. The van der Waals surface area contributed by atoms with Gasteiger partial charge in [-0.25, -0.2) is 13.8 Å². The third kappa shape index (κ3) is 2.03. The van der Waals surface area contributed by atoms with Crippen molar-refractivity contribution in [2.45, 2.75) is 25.3 Å². The molecule has 3 rings (SSSR count). The molecule has 0 atom stereocenters. The second-order valence-electron chi connectivity index (χ2n) is 4.90. The monoisotopic (exact) mass is 273 g/mol. The summed E-state index contributed by atoms with van der Waals surface area (Å²) in [4.78, 5) is 4.48. The van der Waals surface area contributed by atoms with Gasteiger partial charge in [0.25, 0.3) is 0 Å². The molecule has 20 heavy (non-hydrogen) atoms. The Morgan fingerprint density at radius 2 is 2.10 bits per heavy atom. The van der Waals surface area contributed by atoms with Gasteiger partial charge in [0.05, 0.1) is 6.54 Å². The molecule has 1 aromatic heterocycles. The number of terminal acetylenes is 1. The van der Waals surface area contributed by atoms with E-state index in [0.717, 1.165) is 30.8 Å². The number of nitrogens with zero attached hydrogens (tertiary/aromatic N) is 2. The number of aromatic nitrogens is 2. The number of hydrogen-bond donors (Lipinski definition) is 1. The van der Waals surface area contributed by atoms with E-state index in [9.17, 15) is 8.78 Å². The molecule has 0 amide bonds. The molecular formula is C15H13F2N3. The minimum Gasteiger partial charge on any atom is -0.383 e. The fourth-order valence-corrected chi connectivity index (χ4v) is 2.25. The van der Waals surface area contributed by atoms with Crippen molar-refractivity contribution in [1.82, 2.24) is 9.55 Å². The van der Waals surface area contributed by atoms with Gasteiger partial charge in [-0.15, -0.1) is 6.42 Å². The van der Waals surface area contributed by atoms with Crippen LogP contribution in [0.15, 0.2) is 18.2 Å². The van der Waals surface area contributed by atoms with Crippen LogP contribution in [-0.2, 0) is 6.54 Å². The van der Waals surface area contributed by atoms with Crippen LogP contribution in [0.2, 0.25) is 0 Å². The van der Waals surface area contributed by atoms with Crippen molar-refractivity contribution in [2.75, 3.05) is 5.73 Å². The zero-order valence-corrected chi connectivity index (χ0v) is 10.7. The van der Waals surface area contributed by atoms with Crippen LogP contribution in [-0.4, -0.2) is 9.55 Å². The van der Waals surface area contributed by atoms with Crippen molar-refractivity contribution in [3.63, 3.8) is 0 Å². The first-order valence-electron chi connectivity index (χ1n) is 6.36. The van der Waals surface area contributed by atoms with Crippen molar-refractivity contribution in [1.29, 1.82) is 0 Å². The maximum absolute atomic E-state index is 13.3. The molecule has 1 aliphatic rings. The Kier molecular flexibility index (Phi) is 2.94. The number of halogens is 2. The SMILES string of the molecule is C#CCn1c(C2CC2)nc(-c2ccc(F)c(F)c2)c1N. The minimum absolute atomic E-state index is 0.328. The summed E-state index contributed by atoms with van der Waals surface area (Å²) < 4.78 is 28.1. The van der Waals surface area contributed by atoms with Crippen LogP contribution in [0.25, 0.3) is 11.3 Å². The summed E-state index contributed by atoms with van der Waals surface area (Å²) in [5, 5.41) is 0. The number of rotatable bonds is 3. The van der Waals surface area contributed by atoms with Crippen LogP contribution in [0.3, 0.4) is 0 Å². The zero-order chi connectivity index (χ0) is 14.3. The summed E-state index contributed by atoms with van der Waals surface area (Å²) >= 11 is 0. The van der Waals surface area contributed by atoms with E-state index in [1.165, 1.54) is 6.07 Å². The van der Waals surface area contributed by atoms with Gasteiger partial charge in [-0.1, -0.05) is 5.92 Å². The molecule has 2 N–H and O–H groups in total. The highest BCUT2D eigenvalue weighted by Crippen LogP contribution is 2.42. The van der Waals surface area contributed by atoms with Crippen molar-refractivity contribution in [2.24, 2.45) is 0 Å². The number of benzene rings is 1. The summed E-state index contributed by atoms with van der Waals surface area (Å²) in [7, 11) is 0. The second kappa shape index (κ2) is 4.64. The highest BCUT2D eigenvalue weighted by atomic mass is 19.2. The lowest BCUT2D eigenvalue weighted by molar-refractivity contribution is 0.509. The first-order valence-corrected chi connectivity index (χ1v) is 6.36. The smallest absolute Gasteiger partial charge is 0.159 e. The Bertz CT molecular complexity index is 709.